The van der Waals surface area contributed by atoms with Gasteiger partial charge in [-0.15, -0.1) is 10.2 Å². The fourth-order valence-corrected chi connectivity index (χ4v) is 5.61. The standard InChI is InChI=1S/C25H27FN6O3/c1-24-6-7-25(2,31-24)21(26)17(10-24)32(3)20-12-27-22(30-29-20)16-5-4-14(8-18(16)33)15-9-19-23(28-11-15)35-13-34-19/h4-5,8-9,11-12,17,21,31,33H,6-7,10,13H2,1-3H3/t17-,21-,24-,25+/m0/s1. The third-order valence-corrected chi connectivity index (χ3v) is 7.60. The van der Waals surface area contributed by atoms with E-state index in [-0.39, 0.29) is 29.9 Å². The number of anilines is 1. The van der Waals surface area contributed by atoms with Crippen LogP contribution in [0.4, 0.5) is 10.2 Å². The number of pyridine rings is 1. The van der Waals surface area contributed by atoms with Gasteiger partial charge in [-0.25, -0.2) is 14.4 Å². The molecule has 35 heavy (non-hydrogen) atoms. The number of benzene rings is 1. The van der Waals surface area contributed by atoms with E-state index in [0.29, 0.717) is 29.4 Å². The van der Waals surface area contributed by atoms with Crippen LogP contribution in [0.1, 0.15) is 33.1 Å². The van der Waals surface area contributed by atoms with Crippen LogP contribution in [0.3, 0.4) is 0 Å². The van der Waals surface area contributed by atoms with Gasteiger partial charge in [-0.2, -0.15) is 0 Å². The van der Waals surface area contributed by atoms with Gasteiger partial charge in [-0.1, -0.05) is 6.07 Å². The first-order valence-electron chi connectivity index (χ1n) is 11.7. The maximum absolute atomic E-state index is 15.5. The number of piperidine rings is 1. The number of phenols is 1. The van der Waals surface area contributed by atoms with Crippen molar-refractivity contribution in [1.82, 2.24) is 25.5 Å². The molecule has 2 N–H and O–H groups in total. The monoisotopic (exact) mass is 478 g/mol. The minimum atomic E-state index is -1.04. The van der Waals surface area contributed by atoms with Gasteiger partial charge in [0.1, 0.15) is 11.9 Å². The quantitative estimate of drug-likeness (QED) is 0.583. The number of phenolic OH excluding ortho intramolecular Hbond substituents is 1. The molecule has 0 amide bonds. The van der Waals surface area contributed by atoms with Gasteiger partial charge in [0.05, 0.1) is 17.8 Å². The summed E-state index contributed by atoms with van der Waals surface area (Å²) in [5, 5.41) is 22.7. The molecule has 5 heterocycles. The summed E-state index contributed by atoms with van der Waals surface area (Å²) in [5.41, 5.74) is 1.38. The number of nitrogens with one attached hydrogen (secondary N) is 1. The van der Waals surface area contributed by atoms with Gasteiger partial charge >= 0.3 is 0 Å². The highest BCUT2D eigenvalue weighted by Gasteiger charge is 2.56. The number of alkyl halides is 1. The molecule has 9 nitrogen and oxygen atoms in total. The van der Waals surface area contributed by atoms with E-state index in [1.54, 1.807) is 24.5 Å². The lowest BCUT2D eigenvalue weighted by Gasteiger charge is -2.47. The van der Waals surface area contributed by atoms with E-state index < -0.39 is 11.7 Å². The number of nitrogens with zero attached hydrogens (tertiary/aromatic N) is 5. The van der Waals surface area contributed by atoms with Crippen molar-refractivity contribution in [3.63, 3.8) is 0 Å². The molecular formula is C25H27FN6O3. The maximum atomic E-state index is 15.5. The predicted octanol–water partition coefficient (Wildman–Crippen LogP) is 3.48. The van der Waals surface area contributed by atoms with Crippen molar-refractivity contribution in [3.8, 4) is 39.9 Å². The first-order chi connectivity index (χ1) is 16.7. The number of rotatable bonds is 4. The summed E-state index contributed by atoms with van der Waals surface area (Å²) in [6.45, 7) is 4.26. The molecule has 2 bridgehead atoms. The number of fused-ring (bicyclic) bond motifs is 3. The fourth-order valence-electron chi connectivity index (χ4n) is 5.61. The Balaban J connectivity index is 1.23. The smallest absolute Gasteiger partial charge is 0.260 e. The average molecular weight is 479 g/mol. The molecule has 1 aromatic carbocycles. The van der Waals surface area contributed by atoms with E-state index in [1.165, 1.54) is 0 Å². The fraction of sp³-hybridized carbons (Fsp3) is 0.440. The minimum Gasteiger partial charge on any atom is -0.507 e. The summed E-state index contributed by atoms with van der Waals surface area (Å²) in [6.07, 6.45) is 4.66. The van der Waals surface area contributed by atoms with Gasteiger partial charge in [0.25, 0.3) is 5.88 Å². The molecular weight excluding hydrogens is 451 g/mol. The zero-order valence-electron chi connectivity index (χ0n) is 19.8. The van der Waals surface area contributed by atoms with Crippen LogP contribution in [-0.2, 0) is 0 Å². The van der Waals surface area contributed by atoms with Crippen LogP contribution in [0.2, 0.25) is 0 Å². The summed E-state index contributed by atoms with van der Waals surface area (Å²) in [5.74, 6) is 1.83. The Kier molecular flexibility index (Phi) is 4.86. The lowest BCUT2D eigenvalue weighted by molar-refractivity contribution is 0.0859. The Hall–Kier alpha value is -3.53. The molecule has 4 atom stereocenters. The Morgan fingerprint density at radius 2 is 1.94 bits per heavy atom. The van der Waals surface area contributed by atoms with Crippen LogP contribution >= 0.6 is 0 Å². The maximum Gasteiger partial charge on any atom is 0.260 e. The van der Waals surface area contributed by atoms with Gasteiger partial charge in [0.2, 0.25) is 6.79 Å². The number of aromatic nitrogens is 4. The van der Waals surface area contributed by atoms with Crippen LogP contribution in [0.5, 0.6) is 17.4 Å². The number of hydrogen-bond donors (Lipinski definition) is 2. The second-order valence-electron chi connectivity index (χ2n) is 10.2. The van der Waals surface area contributed by atoms with Crippen LogP contribution in [-0.4, -0.2) is 62.4 Å². The van der Waals surface area contributed by atoms with Gasteiger partial charge in [0, 0.05) is 29.9 Å². The molecule has 6 rings (SSSR count). The van der Waals surface area contributed by atoms with Crippen molar-refractivity contribution in [2.75, 3.05) is 18.7 Å². The van der Waals surface area contributed by atoms with Gasteiger partial charge in [0.15, 0.2) is 17.4 Å². The van der Waals surface area contributed by atoms with E-state index >= 15 is 4.39 Å². The Morgan fingerprint density at radius 3 is 2.71 bits per heavy atom. The highest BCUT2D eigenvalue weighted by atomic mass is 19.1. The van der Waals surface area contributed by atoms with E-state index in [0.717, 1.165) is 24.0 Å². The van der Waals surface area contributed by atoms with Crippen molar-refractivity contribution < 1.29 is 19.0 Å². The highest BCUT2D eigenvalue weighted by Crippen LogP contribution is 2.45. The molecule has 0 radical (unpaired) electrons. The third-order valence-electron chi connectivity index (χ3n) is 7.60. The van der Waals surface area contributed by atoms with Crippen LogP contribution in [0.25, 0.3) is 22.5 Å². The van der Waals surface area contributed by atoms with Crippen molar-refractivity contribution >= 4 is 5.82 Å². The summed E-state index contributed by atoms with van der Waals surface area (Å²) in [6, 6.07) is 6.70. The molecule has 0 unspecified atom stereocenters. The summed E-state index contributed by atoms with van der Waals surface area (Å²) >= 11 is 0. The largest absolute Gasteiger partial charge is 0.507 e. The topological polar surface area (TPSA) is 106 Å². The van der Waals surface area contributed by atoms with E-state index in [4.69, 9.17) is 9.47 Å². The lowest BCUT2D eigenvalue weighted by Crippen LogP contribution is -2.65. The predicted molar refractivity (Wildman–Crippen MR) is 127 cm³/mol. The van der Waals surface area contributed by atoms with Gasteiger partial charge in [-0.3, -0.25) is 0 Å². The first kappa shape index (κ1) is 22.0. The number of ether oxygens (including phenoxy) is 2. The zero-order valence-corrected chi connectivity index (χ0v) is 19.8. The van der Waals surface area contributed by atoms with Crippen molar-refractivity contribution in [2.45, 2.75) is 56.4 Å². The van der Waals surface area contributed by atoms with Crippen molar-refractivity contribution in [1.29, 1.82) is 0 Å². The summed E-state index contributed by atoms with van der Waals surface area (Å²) in [4.78, 5) is 10.5. The Morgan fingerprint density at radius 1 is 1.09 bits per heavy atom. The highest BCUT2D eigenvalue weighted by molar-refractivity contribution is 5.73. The molecule has 182 valence electrons. The molecule has 0 spiro atoms. The molecule has 3 aromatic rings. The van der Waals surface area contributed by atoms with E-state index in [1.807, 2.05) is 31.0 Å². The molecule has 2 fully saturated rings. The number of hydrogen-bond acceptors (Lipinski definition) is 9. The molecule has 10 heteroatoms. The second-order valence-corrected chi connectivity index (χ2v) is 10.2. The minimum absolute atomic E-state index is 0.0164. The second kappa shape index (κ2) is 7.74. The first-order valence-corrected chi connectivity index (χ1v) is 11.7. The summed E-state index contributed by atoms with van der Waals surface area (Å²) in [7, 11) is 1.84. The summed E-state index contributed by atoms with van der Waals surface area (Å²) < 4.78 is 26.1. The molecule has 3 aliphatic rings. The third kappa shape index (κ3) is 3.63. The van der Waals surface area contributed by atoms with Crippen molar-refractivity contribution in [2.24, 2.45) is 0 Å². The number of halogens is 1. The molecule has 2 saturated heterocycles. The molecule has 0 aliphatic carbocycles. The normalized spacial score (nSPS) is 28.8. The van der Waals surface area contributed by atoms with Crippen LogP contribution < -0.4 is 19.7 Å². The molecule has 3 aliphatic heterocycles. The molecule has 0 saturated carbocycles. The van der Waals surface area contributed by atoms with Crippen LogP contribution in [0, 0.1) is 0 Å². The average Bonchev–Trinajstić information content (AvgIpc) is 3.43. The Bertz CT molecular complexity index is 1290. The van der Waals surface area contributed by atoms with E-state index in [2.05, 4.69) is 32.4 Å². The van der Waals surface area contributed by atoms with Crippen LogP contribution in [0.15, 0.2) is 36.7 Å². The SMILES string of the molecule is CN(c1cnc(-c2ccc(-c3cnc4c(c3)OCO4)cc2O)nn1)[C@H]1C[C@]2(C)CC[C@@](C)(N2)[C@H]1F. The van der Waals surface area contributed by atoms with E-state index in [9.17, 15) is 5.11 Å². The zero-order chi connectivity index (χ0) is 24.4. The Labute approximate surface area is 202 Å². The lowest BCUT2D eigenvalue weighted by atomic mass is 9.82. The van der Waals surface area contributed by atoms with Gasteiger partial charge < -0.3 is 24.8 Å². The van der Waals surface area contributed by atoms with Crippen molar-refractivity contribution in [3.05, 3.63) is 36.7 Å². The molecule has 2 aromatic heterocycles. The van der Waals surface area contributed by atoms with Gasteiger partial charge in [-0.05, 0) is 56.9 Å². The number of aromatic hydroxyl groups is 1.